The number of carbonyl (C=O) groups is 1. The molecule has 0 aromatic carbocycles. The Kier molecular flexibility index (Phi) is 5.20. The van der Waals surface area contributed by atoms with Gasteiger partial charge in [0.1, 0.15) is 5.84 Å². The number of pyridine rings is 1. The van der Waals surface area contributed by atoms with Crippen LogP contribution >= 0.6 is 0 Å². The van der Waals surface area contributed by atoms with Gasteiger partial charge in [0, 0.05) is 36.3 Å². The minimum absolute atomic E-state index is 0.124. The van der Waals surface area contributed by atoms with Gasteiger partial charge in [-0.25, -0.2) is 9.97 Å². The van der Waals surface area contributed by atoms with E-state index in [9.17, 15) is 4.79 Å². The molecule has 3 aromatic rings. The van der Waals surface area contributed by atoms with Crippen molar-refractivity contribution in [3.63, 3.8) is 0 Å². The number of anilines is 1. The second-order valence-corrected chi connectivity index (χ2v) is 6.36. The molecule has 1 amide bonds. The van der Waals surface area contributed by atoms with Crippen LogP contribution < -0.4 is 11.5 Å². The summed E-state index contributed by atoms with van der Waals surface area (Å²) in [4.78, 5) is 28.6. The van der Waals surface area contributed by atoms with E-state index < -0.39 is 5.91 Å². The molecular weight excluding hydrogens is 344 g/mol. The van der Waals surface area contributed by atoms with Gasteiger partial charge in [-0.1, -0.05) is 19.9 Å². The van der Waals surface area contributed by atoms with E-state index in [1.54, 1.807) is 18.6 Å². The van der Waals surface area contributed by atoms with E-state index >= 15 is 0 Å². The van der Waals surface area contributed by atoms with E-state index in [2.05, 4.69) is 30.1 Å². The number of hydrogen-bond acceptors (Lipinski definition) is 6. The van der Waals surface area contributed by atoms with Crippen LogP contribution in [0.2, 0.25) is 0 Å². The Balaban J connectivity index is 1.86. The molecule has 1 unspecified atom stereocenters. The van der Waals surface area contributed by atoms with Crippen molar-refractivity contribution in [3.05, 3.63) is 54.2 Å². The molecule has 3 heterocycles. The molecule has 0 bridgehead atoms. The minimum atomic E-state index is -0.435. The lowest BCUT2D eigenvalue weighted by atomic mass is 9.88. The topological polar surface area (TPSA) is 149 Å². The number of nitrogens with zero attached hydrogens (tertiary/aromatic N) is 5. The summed E-state index contributed by atoms with van der Waals surface area (Å²) in [5, 5.41) is 6.33. The van der Waals surface area contributed by atoms with Crippen LogP contribution in [0.25, 0.3) is 11.3 Å². The summed E-state index contributed by atoms with van der Waals surface area (Å²) >= 11 is 0. The lowest BCUT2D eigenvalue weighted by Crippen LogP contribution is -2.27. The summed E-state index contributed by atoms with van der Waals surface area (Å²) in [6, 6.07) is 3.76. The fraction of sp³-hybridized carbons (Fsp3) is 0.222. The molecule has 0 saturated carbocycles. The third kappa shape index (κ3) is 4.14. The summed E-state index contributed by atoms with van der Waals surface area (Å²) in [5.41, 5.74) is 14.4. The quantitative estimate of drug-likeness (QED) is 0.461. The molecular formula is C18H20N8O. The molecule has 0 spiro atoms. The number of aromatic amines is 1. The van der Waals surface area contributed by atoms with Gasteiger partial charge in [0.25, 0.3) is 5.91 Å². The number of H-pyrrole nitrogens is 1. The first-order valence-electron chi connectivity index (χ1n) is 8.36. The van der Waals surface area contributed by atoms with Gasteiger partial charge in [-0.2, -0.15) is 10.1 Å². The Bertz CT molecular complexity index is 931. The zero-order valence-corrected chi connectivity index (χ0v) is 15.0. The summed E-state index contributed by atoms with van der Waals surface area (Å²) in [5.74, 6) is -0.109. The summed E-state index contributed by atoms with van der Waals surface area (Å²) in [6.45, 7) is 4.02. The smallest absolute Gasteiger partial charge is 0.281 e. The van der Waals surface area contributed by atoms with Crippen molar-refractivity contribution < 1.29 is 4.79 Å². The van der Waals surface area contributed by atoms with E-state index in [4.69, 9.17) is 11.5 Å². The van der Waals surface area contributed by atoms with Crippen LogP contribution in [-0.4, -0.2) is 36.9 Å². The molecule has 0 aliphatic carbocycles. The van der Waals surface area contributed by atoms with Crippen molar-refractivity contribution >= 4 is 17.7 Å². The van der Waals surface area contributed by atoms with Gasteiger partial charge in [0.15, 0.2) is 0 Å². The Hall–Kier alpha value is -3.62. The monoisotopic (exact) mass is 364 g/mol. The minimum Gasteiger partial charge on any atom is -0.387 e. The maximum Gasteiger partial charge on any atom is 0.281 e. The van der Waals surface area contributed by atoms with Crippen LogP contribution in [0, 0.1) is 5.92 Å². The Labute approximate surface area is 156 Å². The van der Waals surface area contributed by atoms with E-state index in [1.165, 1.54) is 12.4 Å². The van der Waals surface area contributed by atoms with Crippen LogP contribution in [0.15, 0.2) is 48.1 Å². The van der Waals surface area contributed by atoms with Crippen LogP contribution in [0.1, 0.15) is 35.7 Å². The standard InChI is InChI=1S/C18H20N8O/c1-10(2)15(16(19)26-17(27)13-8-24-25-9-13)11-3-4-14(21-5-11)12-6-22-18(20)23-7-12/h3-10,15H,1-2H3,(H,24,25)(H2,19,26,27)(H2,20,22,23). The summed E-state index contributed by atoms with van der Waals surface area (Å²) < 4.78 is 0. The van der Waals surface area contributed by atoms with Crippen molar-refractivity contribution in [1.82, 2.24) is 25.1 Å². The van der Waals surface area contributed by atoms with Crippen LogP contribution in [0.4, 0.5) is 5.95 Å². The van der Waals surface area contributed by atoms with Crippen LogP contribution in [0.5, 0.6) is 0 Å². The highest BCUT2D eigenvalue weighted by Crippen LogP contribution is 2.26. The van der Waals surface area contributed by atoms with Crippen molar-refractivity contribution in [1.29, 1.82) is 0 Å². The summed E-state index contributed by atoms with van der Waals surface area (Å²) in [7, 11) is 0. The molecule has 3 rings (SSSR count). The molecule has 138 valence electrons. The number of hydrogen-bond donors (Lipinski definition) is 3. The zero-order valence-electron chi connectivity index (χ0n) is 15.0. The van der Waals surface area contributed by atoms with Crippen molar-refractivity contribution in [3.8, 4) is 11.3 Å². The Morgan fingerprint density at radius 3 is 2.41 bits per heavy atom. The molecule has 1 atom stereocenters. The number of amides is 1. The number of nitrogens with two attached hydrogens (primary N) is 2. The largest absolute Gasteiger partial charge is 0.387 e. The first kappa shape index (κ1) is 18.2. The molecule has 3 aromatic heterocycles. The highest BCUT2D eigenvalue weighted by atomic mass is 16.1. The van der Waals surface area contributed by atoms with Gasteiger partial charge in [-0.05, 0) is 17.5 Å². The summed E-state index contributed by atoms with van der Waals surface area (Å²) in [6.07, 6.45) is 7.84. The predicted molar refractivity (Wildman–Crippen MR) is 102 cm³/mol. The zero-order chi connectivity index (χ0) is 19.4. The van der Waals surface area contributed by atoms with Crippen molar-refractivity contribution in [2.24, 2.45) is 16.6 Å². The van der Waals surface area contributed by atoms with Crippen LogP contribution in [-0.2, 0) is 0 Å². The average Bonchev–Trinajstić information content (AvgIpc) is 3.18. The second-order valence-electron chi connectivity index (χ2n) is 6.36. The number of amidine groups is 1. The number of aromatic nitrogens is 5. The van der Waals surface area contributed by atoms with E-state index in [0.29, 0.717) is 11.3 Å². The second kappa shape index (κ2) is 7.73. The lowest BCUT2D eigenvalue weighted by molar-refractivity contribution is 0.100. The number of carbonyl (C=O) groups excluding carboxylic acids is 1. The molecule has 5 N–H and O–H groups in total. The molecule has 0 aliphatic heterocycles. The first-order chi connectivity index (χ1) is 13.0. The number of aliphatic imine (C=N–C) groups is 1. The maximum absolute atomic E-state index is 12.2. The highest BCUT2D eigenvalue weighted by molar-refractivity contribution is 6.04. The van der Waals surface area contributed by atoms with Crippen molar-refractivity contribution in [2.75, 3.05) is 5.73 Å². The molecule has 9 nitrogen and oxygen atoms in total. The fourth-order valence-electron chi connectivity index (χ4n) is 2.75. The average molecular weight is 364 g/mol. The molecule has 27 heavy (non-hydrogen) atoms. The molecule has 0 aliphatic rings. The fourth-order valence-corrected chi connectivity index (χ4v) is 2.75. The Morgan fingerprint density at radius 1 is 1.11 bits per heavy atom. The van der Waals surface area contributed by atoms with E-state index in [1.807, 2.05) is 26.0 Å². The van der Waals surface area contributed by atoms with Gasteiger partial charge in [0.2, 0.25) is 5.95 Å². The highest BCUT2D eigenvalue weighted by Gasteiger charge is 2.22. The molecule has 9 heteroatoms. The Morgan fingerprint density at radius 2 is 1.85 bits per heavy atom. The first-order valence-corrected chi connectivity index (χ1v) is 8.36. The lowest BCUT2D eigenvalue weighted by Gasteiger charge is -2.20. The molecule has 0 saturated heterocycles. The third-order valence-electron chi connectivity index (χ3n) is 4.07. The number of rotatable bonds is 5. The molecule has 0 radical (unpaired) electrons. The van der Waals surface area contributed by atoms with E-state index in [0.717, 1.165) is 11.1 Å². The van der Waals surface area contributed by atoms with Gasteiger partial charge in [-0.15, -0.1) is 0 Å². The van der Waals surface area contributed by atoms with E-state index in [-0.39, 0.29) is 23.6 Å². The number of nitrogens with one attached hydrogen (secondary N) is 1. The van der Waals surface area contributed by atoms with Crippen molar-refractivity contribution in [2.45, 2.75) is 19.8 Å². The van der Waals surface area contributed by atoms with Gasteiger partial charge >= 0.3 is 0 Å². The predicted octanol–water partition coefficient (Wildman–Crippen LogP) is 1.78. The van der Waals surface area contributed by atoms with Gasteiger partial charge in [0.05, 0.1) is 17.5 Å². The van der Waals surface area contributed by atoms with Gasteiger partial charge in [-0.3, -0.25) is 14.9 Å². The third-order valence-corrected chi connectivity index (χ3v) is 4.07. The normalized spacial score (nSPS) is 12.9. The maximum atomic E-state index is 12.2. The molecule has 0 fully saturated rings. The van der Waals surface area contributed by atoms with Crippen LogP contribution in [0.3, 0.4) is 0 Å². The van der Waals surface area contributed by atoms with Gasteiger partial charge < -0.3 is 11.5 Å². The number of nitrogen functional groups attached to an aromatic ring is 1. The SMILES string of the molecule is CC(C)C(C(N)=NC(=O)c1cn[nH]c1)c1ccc(-c2cnc(N)nc2)nc1.